The van der Waals surface area contributed by atoms with E-state index in [4.69, 9.17) is 9.68 Å². The number of aryl methyl sites for hydroxylation is 2. The highest BCUT2D eigenvalue weighted by atomic mass is 19.1. The van der Waals surface area contributed by atoms with E-state index in [1.165, 1.54) is 12.1 Å². The molecule has 0 saturated heterocycles. The third kappa shape index (κ3) is 2.48. The minimum Gasteiger partial charge on any atom is -0.444 e. The van der Waals surface area contributed by atoms with Gasteiger partial charge >= 0.3 is 0 Å². The van der Waals surface area contributed by atoms with Crippen LogP contribution < -0.4 is 5.32 Å². The molecule has 1 aromatic carbocycles. The average molecular weight is 245 g/mol. The van der Waals surface area contributed by atoms with Crippen molar-refractivity contribution >= 4 is 5.69 Å². The second kappa shape index (κ2) is 4.88. The van der Waals surface area contributed by atoms with Gasteiger partial charge in [-0.25, -0.2) is 9.37 Å². The molecule has 0 bridgehead atoms. The Labute approximate surface area is 104 Å². The first kappa shape index (κ1) is 12.1. The molecule has 0 aliphatic rings. The fraction of sp³-hybridized carbons (Fsp3) is 0.231. The summed E-state index contributed by atoms with van der Waals surface area (Å²) in [5.74, 6) is 0.787. The fourth-order valence-corrected chi connectivity index (χ4v) is 1.51. The molecule has 5 heteroatoms. The van der Waals surface area contributed by atoms with E-state index < -0.39 is 5.82 Å². The molecule has 2 aromatic rings. The van der Waals surface area contributed by atoms with E-state index in [-0.39, 0.29) is 5.56 Å². The van der Waals surface area contributed by atoms with E-state index in [1.807, 2.05) is 13.8 Å². The maximum atomic E-state index is 13.3. The Balaban J connectivity index is 2.07. The van der Waals surface area contributed by atoms with Crippen molar-refractivity contribution in [2.75, 3.05) is 5.32 Å². The highest BCUT2D eigenvalue weighted by molar-refractivity contribution is 5.48. The molecule has 0 aliphatic carbocycles. The number of anilines is 1. The Kier molecular flexibility index (Phi) is 3.28. The van der Waals surface area contributed by atoms with Gasteiger partial charge in [0.15, 0.2) is 0 Å². The highest BCUT2D eigenvalue weighted by Gasteiger charge is 2.06. The summed E-state index contributed by atoms with van der Waals surface area (Å²) in [6.07, 6.45) is 0. The molecule has 1 N–H and O–H groups in total. The summed E-state index contributed by atoms with van der Waals surface area (Å²) in [6, 6.07) is 6.13. The SMILES string of the molecule is Cc1nc(CNc2ccc(C#N)c(F)c2)oc1C. The molecule has 0 radical (unpaired) electrons. The number of halogens is 1. The van der Waals surface area contributed by atoms with Gasteiger partial charge in [-0.2, -0.15) is 5.26 Å². The molecule has 0 atom stereocenters. The standard InChI is InChI=1S/C13H12FN3O/c1-8-9(2)18-13(17-8)7-16-11-4-3-10(6-15)12(14)5-11/h3-5,16H,7H2,1-2H3. The smallest absolute Gasteiger partial charge is 0.213 e. The average Bonchev–Trinajstić information content (AvgIpc) is 2.66. The molecule has 18 heavy (non-hydrogen) atoms. The number of benzene rings is 1. The summed E-state index contributed by atoms with van der Waals surface area (Å²) in [5.41, 5.74) is 1.46. The lowest BCUT2D eigenvalue weighted by atomic mass is 10.2. The van der Waals surface area contributed by atoms with Crippen molar-refractivity contribution in [3.8, 4) is 6.07 Å². The van der Waals surface area contributed by atoms with Gasteiger partial charge in [0.25, 0.3) is 0 Å². The van der Waals surface area contributed by atoms with Gasteiger partial charge in [0.05, 0.1) is 17.8 Å². The van der Waals surface area contributed by atoms with Gasteiger partial charge < -0.3 is 9.73 Å². The van der Waals surface area contributed by atoms with E-state index in [1.54, 1.807) is 12.1 Å². The van der Waals surface area contributed by atoms with Crippen molar-refractivity contribution < 1.29 is 8.81 Å². The summed E-state index contributed by atoms with van der Waals surface area (Å²) >= 11 is 0. The largest absolute Gasteiger partial charge is 0.444 e. The monoisotopic (exact) mass is 245 g/mol. The Hall–Kier alpha value is -2.35. The molecule has 0 fully saturated rings. The molecule has 0 amide bonds. The summed E-state index contributed by atoms with van der Waals surface area (Å²) in [7, 11) is 0. The summed E-state index contributed by atoms with van der Waals surface area (Å²) in [5, 5.41) is 11.6. The minimum absolute atomic E-state index is 0.0309. The maximum Gasteiger partial charge on any atom is 0.213 e. The Morgan fingerprint density at radius 2 is 2.22 bits per heavy atom. The van der Waals surface area contributed by atoms with Crippen LogP contribution in [-0.4, -0.2) is 4.98 Å². The number of rotatable bonds is 3. The van der Waals surface area contributed by atoms with Crippen LogP contribution in [0.25, 0.3) is 0 Å². The van der Waals surface area contributed by atoms with Crippen LogP contribution >= 0.6 is 0 Å². The molecular weight excluding hydrogens is 233 g/mol. The highest BCUT2D eigenvalue weighted by Crippen LogP contribution is 2.15. The van der Waals surface area contributed by atoms with Gasteiger partial charge in [-0.05, 0) is 32.0 Å². The summed E-state index contributed by atoms with van der Waals surface area (Å²) in [4.78, 5) is 4.21. The zero-order chi connectivity index (χ0) is 13.1. The lowest BCUT2D eigenvalue weighted by Crippen LogP contribution is -2.00. The first-order valence-electron chi connectivity index (χ1n) is 5.46. The van der Waals surface area contributed by atoms with E-state index in [0.29, 0.717) is 18.1 Å². The number of nitriles is 1. The van der Waals surface area contributed by atoms with Gasteiger partial charge in [0.1, 0.15) is 17.6 Å². The van der Waals surface area contributed by atoms with Crippen LogP contribution in [0, 0.1) is 31.0 Å². The second-order valence-corrected chi connectivity index (χ2v) is 3.91. The van der Waals surface area contributed by atoms with Gasteiger partial charge in [0.2, 0.25) is 5.89 Å². The van der Waals surface area contributed by atoms with Crippen LogP contribution in [0.4, 0.5) is 10.1 Å². The predicted molar refractivity (Wildman–Crippen MR) is 64.4 cm³/mol. The zero-order valence-electron chi connectivity index (χ0n) is 10.1. The zero-order valence-corrected chi connectivity index (χ0v) is 10.1. The molecule has 0 spiro atoms. The molecule has 0 unspecified atom stereocenters. The Morgan fingerprint density at radius 1 is 1.44 bits per heavy atom. The van der Waals surface area contributed by atoms with E-state index in [2.05, 4.69) is 10.3 Å². The Morgan fingerprint density at radius 3 is 2.78 bits per heavy atom. The van der Waals surface area contributed by atoms with Crippen molar-refractivity contribution in [2.24, 2.45) is 0 Å². The van der Waals surface area contributed by atoms with Crippen molar-refractivity contribution in [2.45, 2.75) is 20.4 Å². The van der Waals surface area contributed by atoms with Crippen LogP contribution in [0.2, 0.25) is 0 Å². The number of nitrogens with zero attached hydrogens (tertiary/aromatic N) is 2. The van der Waals surface area contributed by atoms with E-state index >= 15 is 0 Å². The van der Waals surface area contributed by atoms with Crippen LogP contribution in [0.1, 0.15) is 22.9 Å². The van der Waals surface area contributed by atoms with Gasteiger partial charge in [-0.3, -0.25) is 0 Å². The first-order chi connectivity index (χ1) is 8.60. The van der Waals surface area contributed by atoms with Crippen LogP contribution in [0.3, 0.4) is 0 Å². The third-order valence-corrected chi connectivity index (χ3v) is 2.61. The maximum absolute atomic E-state index is 13.3. The van der Waals surface area contributed by atoms with E-state index in [9.17, 15) is 4.39 Å². The third-order valence-electron chi connectivity index (χ3n) is 2.61. The number of nitrogens with one attached hydrogen (secondary N) is 1. The van der Waals surface area contributed by atoms with Crippen LogP contribution in [0.15, 0.2) is 22.6 Å². The molecule has 1 aromatic heterocycles. The predicted octanol–water partition coefficient (Wildman–Crippen LogP) is 2.91. The molecule has 0 saturated carbocycles. The van der Waals surface area contributed by atoms with Gasteiger partial charge in [-0.1, -0.05) is 0 Å². The van der Waals surface area contributed by atoms with Crippen molar-refractivity contribution in [3.63, 3.8) is 0 Å². The topological polar surface area (TPSA) is 61.9 Å². The quantitative estimate of drug-likeness (QED) is 0.903. The summed E-state index contributed by atoms with van der Waals surface area (Å²) < 4.78 is 18.7. The molecular formula is C13H12FN3O. The number of oxazole rings is 1. The van der Waals surface area contributed by atoms with Crippen molar-refractivity contribution in [1.29, 1.82) is 5.26 Å². The molecule has 2 rings (SSSR count). The number of hydrogen-bond acceptors (Lipinski definition) is 4. The molecule has 1 heterocycles. The van der Waals surface area contributed by atoms with Gasteiger partial charge in [0, 0.05) is 5.69 Å². The molecule has 0 aliphatic heterocycles. The number of hydrogen-bond donors (Lipinski definition) is 1. The Bertz CT molecular complexity index is 594. The first-order valence-corrected chi connectivity index (χ1v) is 5.46. The van der Waals surface area contributed by atoms with Crippen LogP contribution in [-0.2, 0) is 6.54 Å². The second-order valence-electron chi connectivity index (χ2n) is 3.91. The molecule has 4 nitrogen and oxygen atoms in total. The summed E-state index contributed by atoms with van der Waals surface area (Å²) in [6.45, 7) is 4.08. The fourth-order valence-electron chi connectivity index (χ4n) is 1.51. The minimum atomic E-state index is -0.540. The van der Waals surface area contributed by atoms with E-state index in [0.717, 1.165) is 11.5 Å². The molecule has 92 valence electrons. The lowest BCUT2D eigenvalue weighted by molar-refractivity contribution is 0.478. The lowest BCUT2D eigenvalue weighted by Gasteiger charge is -2.04. The number of aromatic nitrogens is 1. The van der Waals surface area contributed by atoms with Gasteiger partial charge in [-0.15, -0.1) is 0 Å². The van der Waals surface area contributed by atoms with Crippen LogP contribution in [0.5, 0.6) is 0 Å². The van der Waals surface area contributed by atoms with Crippen molar-refractivity contribution in [3.05, 3.63) is 46.9 Å². The van der Waals surface area contributed by atoms with Crippen molar-refractivity contribution in [1.82, 2.24) is 4.98 Å². The normalized spacial score (nSPS) is 10.1.